The Labute approximate surface area is 201 Å². The number of aliphatic imine (C=N–C) groups is 1. The molecule has 7 nitrogen and oxygen atoms in total. The van der Waals surface area contributed by atoms with E-state index in [-0.39, 0.29) is 24.0 Å². The number of hydrogen-bond donors (Lipinski definition) is 2. The van der Waals surface area contributed by atoms with Crippen LogP contribution in [0.4, 0.5) is 0 Å². The first-order chi connectivity index (χ1) is 14.3. The molecule has 0 amide bonds. The van der Waals surface area contributed by atoms with Gasteiger partial charge < -0.3 is 24.8 Å². The monoisotopic (exact) mass is 540 g/mol. The molecule has 0 aromatic carbocycles. The van der Waals surface area contributed by atoms with Crippen LogP contribution in [0.15, 0.2) is 4.99 Å². The van der Waals surface area contributed by atoms with E-state index in [9.17, 15) is 0 Å². The van der Waals surface area contributed by atoms with E-state index in [1.807, 2.05) is 0 Å². The Morgan fingerprint density at radius 1 is 1.13 bits per heavy atom. The van der Waals surface area contributed by atoms with Crippen LogP contribution >= 0.6 is 24.0 Å². The maximum Gasteiger partial charge on any atom is 0.191 e. The Kier molecular flexibility index (Phi) is 16.2. The minimum absolute atomic E-state index is 0. The lowest BCUT2D eigenvalue weighted by Gasteiger charge is -2.38. The summed E-state index contributed by atoms with van der Waals surface area (Å²) in [5.74, 6) is 1.58. The van der Waals surface area contributed by atoms with Gasteiger partial charge in [0.25, 0.3) is 0 Å². The van der Waals surface area contributed by atoms with Crippen LogP contribution in [0.1, 0.15) is 52.9 Å². The van der Waals surface area contributed by atoms with Crippen molar-refractivity contribution in [2.75, 3.05) is 65.8 Å². The SMILES string of the molecule is CCNC(=NCC(C(CC)CC)N1CCOCC1)NCCCOCC1CCCO1.I. The highest BCUT2D eigenvalue weighted by Gasteiger charge is 2.26. The Balaban J connectivity index is 0.00000450. The zero-order valence-corrected chi connectivity index (χ0v) is 21.7. The molecule has 2 saturated heterocycles. The van der Waals surface area contributed by atoms with Crippen molar-refractivity contribution < 1.29 is 14.2 Å². The summed E-state index contributed by atoms with van der Waals surface area (Å²) in [5.41, 5.74) is 0. The number of halogens is 1. The standard InChI is InChI=1S/C22H44N4O3.HI/c1-4-19(5-2)21(26-11-15-27-16-12-26)17-25-22(23-6-3)24-10-8-13-28-18-20-9-7-14-29-20;/h19-21H,4-18H2,1-3H3,(H2,23,24,25);1H. The second-order valence-electron chi connectivity index (χ2n) is 8.00. The van der Waals surface area contributed by atoms with Crippen molar-refractivity contribution in [1.82, 2.24) is 15.5 Å². The lowest BCUT2D eigenvalue weighted by atomic mass is 9.92. The number of morpholine rings is 1. The lowest BCUT2D eigenvalue weighted by Crippen LogP contribution is -2.49. The van der Waals surface area contributed by atoms with Crippen molar-refractivity contribution in [1.29, 1.82) is 0 Å². The van der Waals surface area contributed by atoms with E-state index in [0.29, 0.717) is 18.1 Å². The predicted octanol–water partition coefficient (Wildman–Crippen LogP) is 2.88. The minimum atomic E-state index is 0. The highest BCUT2D eigenvalue weighted by molar-refractivity contribution is 14.0. The molecule has 0 aromatic heterocycles. The third-order valence-corrected chi connectivity index (χ3v) is 5.97. The first-order valence-electron chi connectivity index (χ1n) is 11.8. The van der Waals surface area contributed by atoms with Gasteiger partial charge in [-0.15, -0.1) is 24.0 Å². The van der Waals surface area contributed by atoms with Gasteiger partial charge in [0.05, 0.1) is 32.5 Å². The molecular formula is C22H45IN4O3. The molecule has 0 aromatic rings. The molecule has 0 aliphatic carbocycles. The fraction of sp³-hybridized carbons (Fsp3) is 0.955. The van der Waals surface area contributed by atoms with Crippen molar-refractivity contribution >= 4 is 29.9 Å². The second-order valence-corrected chi connectivity index (χ2v) is 8.00. The maximum absolute atomic E-state index is 5.75. The van der Waals surface area contributed by atoms with Crippen LogP contribution in [0.3, 0.4) is 0 Å². The summed E-state index contributed by atoms with van der Waals surface area (Å²) in [4.78, 5) is 7.51. The van der Waals surface area contributed by atoms with Crippen LogP contribution < -0.4 is 10.6 Å². The molecule has 2 unspecified atom stereocenters. The number of nitrogens with zero attached hydrogens (tertiary/aromatic N) is 2. The van der Waals surface area contributed by atoms with Crippen LogP contribution in [0, 0.1) is 5.92 Å². The molecule has 178 valence electrons. The molecule has 0 radical (unpaired) electrons. The second kappa shape index (κ2) is 17.4. The molecule has 2 aliphatic heterocycles. The number of nitrogens with one attached hydrogen (secondary N) is 2. The van der Waals surface area contributed by atoms with E-state index in [1.54, 1.807) is 0 Å². The Bertz CT molecular complexity index is 440. The van der Waals surface area contributed by atoms with Crippen LogP contribution in [-0.4, -0.2) is 88.8 Å². The molecule has 2 heterocycles. The lowest BCUT2D eigenvalue weighted by molar-refractivity contribution is 0.00395. The molecule has 0 spiro atoms. The third kappa shape index (κ3) is 10.4. The van der Waals surface area contributed by atoms with Crippen molar-refractivity contribution in [2.45, 2.75) is 65.0 Å². The molecule has 2 rings (SSSR count). The van der Waals surface area contributed by atoms with Gasteiger partial charge in [-0.05, 0) is 32.1 Å². The largest absolute Gasteiger partial charge is 0.379 e. The molecular weight excluding hydrogens is 495 g/mol. The highest BCUT2D eigenvalue weighted by Crippen LogP contribution is 2.20. The van der Waals surface area contributed by atoms with Crippen molar-refractivity contribution in [3.05, 3.63) is 0 Å². The fourth-order valence-corrected chi connectivity index (χ4v) is 4.20. The smallest absolute Gasteiger partial charge is 0.191 e. The first-order valence-corrected chi connectivity index (χ1v) is 11.8. The molecule has 0 bridgehead atoms. The maximum atomic E-state index is 5.75. The summed E-state index contributed by atoms with van der Waals surface area (Å²) in [5, 5.41) is 6.85. The van der Waals surface area contributed by atoms with Crippen LogP contribution in [0.2, 0.25) is 0 Å². The average Bonchev–Trinajstić information content (AvgIpc) is 3.27. The van der Waals surface area contributed by atoms with Gasteiger partial charge in [-0.2, -0.15) is 0 Å². The number of hydrogen-bond acceptors (Lipinski definition) is 5. The van der Waals surface area contributed by atoms with E-state index in [4.69, 9.17) is 19.2 Å². The van der Waals surface area contributed by atoms with E-state index in [0.717, 1.165) is 84.6 Å². The van der Waals surface area contributed by atoms with E-state index >= 15 is 0 Å². The van der Waals surface area contributed by atoms with Gasteiger partial charge in [0.15, 0.2) is 5.96 Å². The van der Waals surface area contributed by atoms with Gasteiger partial charge in [-0.25, -0.2) is 0 Å². The summed E-state index contributed by atoms with van der Waals surface area (Å²) >= 11 is 0. The van der Waals surface area contributed by atoms with E-state index < -0.39 is 0 Å². The summed E-state index contributed by atoms with van der Waals surface area (Å²) < 4.78 is 16.9. The van der Waals surface area contributed by atoms with Gasteiger partial charge in [-0.3, -0.25) is 9.89 Å². The number of rotatable bonds is 13. The Morgan fingerprint density at radius 2 is 1.90 bits per heavy atom. The van der Waals surface area contributed by atoms with Crippen LogP contribution in [0.5, 0.6) is 0 Å². The van der Waals surface area contributed by atoms with Crippen LogP contribution in [-0.2, 0) is 14.2 Å². The zero-order chi connectivity index (χ0) is 20.7. The van der Waals surface area contributed by atoms with Crippen molar-refractivity contribution in [2.24, 2.45) is 10.9 Å². The van der Waals surface area contributed by atoms with Crippen LogP contribution in [0.25, 0.3) is 0 Å². The average molecular weight is 541 g/mol. The summed E-state index contributed by atoms with van der Waals surface area (Å²) in [7, 11) is 0. The summed E-state index contributed by atoms with van der Waals surface area (Å²) in [6.45, 7) is 15.4. The first kappa shape index (κ1) is 27.9. The predicted molar refractivity (Wildman–Crippen MR) is 134 cm³/mol. The molecule has 30 heavy (non-hydrogen) atoms. The van der Waals surface area contributed by atoms with E-state index in [1.165, 1.54) is 19.3 Å². The van der Waals surface area contributed by atoms with Gasteiger partial charge >= 0.3 is 0 Å². The zero-order valence-electron chi connectivity index (χ0n) is 19.4. The topological polar surface area (TPSA) is 67.4 Å². The van der Waals surface area contributed by atoms with Gasteiger partial charge in [0.1, 0.15) is 0 Å². The minimum Gasteiger partial charge on any atom is -0.379 e. The van der Waals surface area contributed by atoms with Gasteiger partial charge in [-0.1, -0.05) is 26.7 Å². The summed E-state index contributed by atoms with van der Waals surface area (Å²) in [6, 6.07) is 0.485. The van der Waals surface area contributed by atoms with Crippen molar-refractivity contribution in [3.63, 3.8) is 0 Å². The summed E-state index contributed by atoms with van der Waals surface area (Å²) in [6.07, 6.45) is 5.97. The molecule has 8 heteroatoms. The molecule has 0 saturated carbocycles. The molecule has 2 fully saturated rings. The highest BCUT2D eigenvalue weighted by atomic mass is 127. The number of guanidine groups is 1. The molecule has 2 atom stereocenters. The molecule has 2 N–H and O–H groups in total. The quantitative estimate of drug-likeness (QED) is 0.162. The number of ether oxygens (including phenoxy) is 3. The van der Waals surface area contributed by atoms with Gasteiger partial charge in [0.2, 0.25) is 0 Å². The van der Waals surface area contributed by atoms with Gasteiger partial charge in [0, 0.05) is 45.4 Å². The Morgan fingerprint density at radius 3 is 2.53 bits per heavy atom. The fourth-order valence-electron chi connectivity index (χ4n) is 4.20. The third-order valence-electron chi connectivity index (χ3n) is 5.97. The Hall–Kier alpha value is -0.160. The van der Waals surface area contributed by atoms with E-state index in [2.05, 4.69) is 36.3 Å². The normalized spacial score (nSPS) is 21.5. The molecule has 2 aliphatic rings. The van der Waals surface area contributed by atoms with Crippen molar-refractivity contribution in [3.8, 4) is 0 Å².